The summed E-state index contributed by atoms with van der Waals surface area (Å²) >= 11 is 1.33. The number of carbonyl (C=O) groups is 1. The van der Waals surface area contributed by atoms with Gasteiger partial charge in [0, 0.05) is 17.8 Å². The second-order valence-electron chi connectivity index (χ2n) is 3.99. The highest BCUT2D eigenvalue weighted by molar-refractivity contribution is 7.13. The van der Waals surface area contributed by atoms with Crippen LogP contribution in [0, 0.1) is 0 Å². The maximum absolute atomic E-state index is 10.8. The molecule has 0 amide bonds. The zero-order chi connectivity index (χ0) is 13.4. The van der Waals surface area contributed by atoms with Crippen LogP contribution in [0.3, 0.4) is 0 Å². The number of pyridine rings is 1. The van der Waals surface area contributed by atoms with E-state index in [4.69, 9.17) is 10.8 Å². The van der Waals surface area contributed by atoms with Gasteiger partial charge < -0.3 is 15.2 Å². The predicted octanol–water partition coefficient (Wildman–Crippen LogP) is 1.54. The SMILES string of the molecule is NC(C(=O)O)c1csc(-c2cn3ccccc3n2)n1. The van der Waals surface area contributed by atoms with Gasteiger partial charge in [0.25, 0.3) is 0 Å². The van der Waals surface area contributed by atoms with E-state index in [1.54, 1.807) is 5.38 Å². The maximum Gasteiger partial charge on any atom is 0.326 e. The zero-order valence-corrected chi connectivity index (χ0v) is 10.5. The first-order valence-corrected chi connectivity index (χ1v) is 6.41. The molecule has 3 rings (SSSR count). The first kappa shape index (κ1) is 11.8. The van der Waals surface area contributed by atoms with Crippen molar-refractivity contribution in [1.82, 2.24) is 14.4 Å². The molecule has 0 aliphatic heterocycles. The smallest absolute Gasteiger partial charge is 0.326 e. The molecule has 0 aromatic carbocycles. The van der Waals surface area contributed by atoms with Crippen molar-refractivity contribution in [2.75, 3.05) is 0 Å². The first-order chi connectivity index (χ1) is 9.15. The van der Waals surface area contributed by atoms with Gasteiger partial charge in [-0.25, -0.2) is 9.97 Å². The Bertz CT molecular complexity index is 716. The molecule has 3 aromatic heterocycles. The molecule has 0 fully saturated rings. The number of thiazole rings is 1. The Hall–Kier alpha value is -2.25. The molecule has 3 N–H and O–H groups in total. The number of imidazole rings is 1. The molecular formula is C12H10N4O2S. The van der Waals surface area contributed by atoms with Crippen LogP contribution < -0.4 is 5.73 Å². The number of aromatic nitrogens is 3. The summed E-state index contributed by atoms with van der Waals surface area (Å²) in [4.78, 5) is 19.5. The average molecular weight is 274 g/mol. The Morgan fingerprint density at radius 2 is 2.26 bits per heavy atom. The van der Waals surface area contributed by atoms with Crippen LogP contribution in [0.2, 0.25) is 0 Å². The van der Waals surface area contributed by atoms with Gasteiger partial charge in [0.05, 0.1) is 5.69 Å². The molecule has 7 heteroatoms. The van der Waals surface area contributed by atoms with E-state index in [2.05, 4.69) is 9.97 Å². The van der Waals surface area contributed by atoms with Crippen molar-refractivity contribution in [3.8, 4) is 10.7 Å². The Kier molecular flexibility index (Phi) is 2.77. The lowest BCUT2D eigenvalue weighted by Gasteiger charge is -1.99. The fraction of sp³-hybridized carbons (Fsp3) is 0.0833. The van der Waals surface area contributed by atoms with E-state index < -0.39 is 12.0 Å². The predicted molar refractivity (Wildman–Crippen MR) is 70.9 cm³/mol. The van der Waals surface area contributed by atoms with Gasteiger partial charge in [0.15, 0.2) is 0 Å². The molecule has 0 saturated carbocycles. The van der Waals surface area contributed by atoms with Crippen molar-refractivity contribution in [2.45, 2.75) is 6.04 Å². The summed E-state index contributed by atoms with van der Waals surface area (Å²) in [6.45, 7) is 0. The highest BCUT2D eigenvalue weighted by Gasteiger charge is 2.18. The number of fused-ring (bicyclic) bond motifs is 1. The van der Waals surface area contributed by atoms with Gasteiger partial charge in [-0.1, -0.05) is 6.07 Å². The molecule has 0 saturated heterocycles. The van der Waals surface area contributed by atoms with Gasteiger partial charge in [-0.3, -0.25) is 4.79 Å². The van der Waals surface area contributed by atoms with E-state index in [0.717, 1.165) is 5.65 Å². The summed E-state index contributed by atoms with van der Waals surface area (Å²) in [5.41, 5.74) is 7.40. The van der Waals surface area contributed by atoms with Crippen LogP contribution in [0.4, 0.5) is 0 Å². The second kappa shape index (κ2) is 4.45. The molecule has 3 aromatic rings. The summed E-state index contributed by atoms with van der Waals surface area (Å²) in [6.07, 6.45) is 3.74. The van der Waals surface area contributed by atoms with Gasteiger partial charge >= 0.3 is 5.97 Å². The zero-order valence-electron chi connectivity index (χ0n) is 9.72. The van der Waals surface area contributed by atoms with Crippen LogP contribution in [0.15, 0.2) is 36.0 Å². The van der Waals surface area contributed by atoms with E-state index in [-0.39, 0.29) is 0 Å². The lowest BCUT2D eigenvalue weighted by Crippen LogP contribution is -2.20. The summed E-state index contributed by atoms with van der Waals surface area (Å²) in [7, 11) is 0. The van der Waals surface area contributed by atoms with Gasteiger partial charge in [0.2, 0.25) is 0 Å². The standard InChI is InChI=1S/C12H10N4O2S/c13-10(12(17)18)8-6-19-11(15-8)7-5-16-4-2-1-3-9(16)14-7/h1-6,10H,13H2,(H,17,18). The van der Waals surface area contributed by atoms with Crippen LogP contribution in [0.25, 0.3) is 16.3 Å². The Balaban J connectivity index is 2.00. The Morgan fingerprint density at radius 1 is 1.42 bits per heavy atom. The van der Waals surface area contributed by atoms with Gasteiger partial charge in [-0.15, -0.1) is 11.3 Å². The summed E-state index contributed by atoms with van der Waals surface area (Å²) in [5, 5.41) is 11.2. The molecule has 0 spiro atoms. The minimum atomic E-state index is -1.10. The molecule has 0 aliphatic carbocycles. The largest absolute Gasteiger partial charge is 0.480 e. The number of nitrogens with zero attached hydrogens (tertiary/aromatic N) is 3. The van der Waals surface area contributed by atoms with Crippen molar-refractivity contribution < 1.29 is 9.90 Å². The van der Waals surface area contributed by atoms with E-state index in [1.807, 2.05) is 35.0 Å². The van der Waals surface area contributed by atoms with Gasteiger partial charge in [-0.05, 0) is 12.1 Å². The van der Waals surface area contributed by atoms with Crippen LogP contribution in [0.1, 0.15) is 11.7 Å². The average Bonchev–Trinajstić information content (AvgIpc) is 3.03. The number of hydrogen-bond acceptors (Lipinski definition) is 5. The van der Waals surface area contributed by atoms with Crippen molar-refractivity contribution >= 4 is 23.0 Å². The van der Waals surface area contributed by atoms with E-state index in [9.17, 15) is 4.79 Å². The molecule has 0 aliphatic rings. The Labute approximate surface area is 112 Å². The highest BCUT2D eigenvalue weighted by Crippen LogP contribution is 2.25. The monoisotopic (exact) mass is 274 g/mol. The van der Waals surface area contributed by atoms with Crippen LogP contribution in [-0.4, -0.2) is 25.4 Å². The molecular weight excluding hydrogens is 264 g/mol. The minimum Gasteiger partial charge on any atom is -0.480 e. The van der Waals surface area contributed by atoms with Crippen molar-refractivity contribution in [3.63, 3.8) is 0 Å². The first-order valence-electron chi connectivity index (χ1n) is 5.53. The van der Waals surface area contributed by atoms with Gasteiger partial charge in [-0.2, -0.15) is 0 Å². The fourth-order valence-electron chi connectivity index (χ4n) is 1.71. The van der Waals surface area contributed by atoms with Crippen molar-refractivity contribution in [2.24, 2.45) is 5.73 Å². The third-order valence-corrected chi connectivity index (χ3v) is 3.57. The number of rotatable bonds is 3. The molecule has 96 valence electrons. The minimum absolute atomic E-state index is 0.351. The highest BCUT2D eigenvalue weighted by atomic mass is 32.1. The van der Waals surface area contributed by atoms with Gasteiger partial charge in [0.1, 0.15) is 22.4 Å². The number of hydrogen-bond donors (Lipinski definition) is 2. The number of aliphatic carboxylic acids is 1. The topological polar surface area (TPSA) is 93.5 Å². The second-order valence-corrected chi connectivity index (χ2v) is 4.84. The number of carboxylic acid groups (broad SMARTS) is 1. The number of carboxylic acids is 1. The molecule has 1 unspecified atom stereocenters. The van der Waals surface area contributed by atoms with Crippen LogP contribution >= 0.6 is 11.3 Å². The molecule has 3 heterocycles. The van der Waals surface area contributed by atoms with E-state index in [0.29, 0.717) is 16.4 Å². The molecule has 0 radical (unpaired) electrons. The molecule has 0 bridgehead atoms. The third-order valence-electron chi connectivity index (χ3n) is 2.69. The molecule has 6 nitrogen and oxygen atoms in total. The van der Waals surface area contributed by atoms with E-state index in [1.165, 1.54) is 11.3 Å². The quantitative estimate of drug-likeness (QED) is 0.755. The van der Waals surface area contributed by atoms with Crippen molar-refractivity contribution in [1.29, 1.82) is 0 Å². The van der Waals surface area contributed by atoms with E-state index >= 15 is 0 Å². The lowest BCUT2D eigenvalue weighted by atomic mass is 10.2. The summed E-state index contributed by atoms with van der Waals surface area (Å²) in [6, 6.07) is 4.61. The third kappa shape index (κ3) is 2.09. The van der Waals surface area contributed by atoms with Crippen LogP contribution in [0.5, 0.6) is 0 Å². The molecule has 1 atom stereocenters. The Morgan fingerprint density at radius 3 is 3.00 bits per heavy atom. The van der Waals surface area contributed by atoms with Crippen molar-refractivity contribution in [3.05, 3.63) is 41.7 Å². The maximum atomic E-state index is 10.8. The summed E-state index contributed by atoms with van der Waals surface area (Å²) < 4.78 is 1.88. The van der Waals surface area contributed by atoms with Crippen LogP contribution in [-0.2, 0) is 4.79 Å². The fourth-order valence-corrected chi connectivity index (χ4v) is 2.52. The summed E-state index contributed by atoms with van der Waals surface area (Å²) in [5.74, 6) is -1.09. The molecule has 19 heavy (non-hydrogen) atoms. The lowest BCUT2D eigenvalue weighted by molar-refractivity contribution is -0.138. The number of nitrogens with two attached hydrogens (primary N) is 1. The normalized spacial score (nSPS) is 12.7.